The molecule has 0 unspecified atom stereocenters. The SMILES string of the molecule is O=C(O)c1ccc2nc(CN3CCC(c4cccc(OCc5ccc(Cl)cc5F)c4)CC3)n(C[C@@H]3CCO3)c2c1. The molecule has 3 heterocycles. The molecule has 0 radical (unpaired) electrons. The number of nitrogens with zero attached hydrogens (tertiary/aromatic N) is 3. The molecule has 2 saturated heterocycles. The van der Waals surface area contributed by atoms with E-state index in [0.717, 1.165) is 61.6 Å². The summed E-state index contributed by atoms with van der Waals surface area (Å²) >= 11 is 5.85. The van der Waals surface area contributed by atoms with Crippen molar-refractivity contribution in [2.75, 3.05) is 19.7 Å². The minimum absolute atomic E-state index is 0.140. The third kappa shape index (κ3) is 5.84. The van der Waals surface area contributed by atoms with Crippen molar-refractivity contribution < 1.29 is 23.8 Å². The van der Waals surface area contributed by atoms with Gasteiger partial charge in [-0.15, -0.1) is 0 Å². The van der Waals surface area contributed by atoms with Gasteiger partial charge in [0.15, 0.2) is 0 Å². The van der Waals surface area contributed by atoms with Crippen LogP contribution in [-0.2, 0) is 24.4 Å². The maximum atomic E-state index is 14.1. The van der Waals surface area contributed by atoms with Crippen molar-refractivity contribution in [3.8, 4) is 5.75 Å². The Morgan fingerprint density at radius 2 is 1.93 bits per heavy atom. The largest absolute Gasteiger partial charge is 0.489 e. The van der Waals surface area contributed by atoms with Crippen LogP contribution in [0.25, 0.3) is 11.0 Å². The van der Waals surface area contributed by atoms with E-state index in [2.05, 4.69) is 21.6 Å². The Balaban J connectivity index is 1.11. The van der Waals surface area contributed by atoms with Gasteiger partial charge in [0.1, 0.15) is 24.0 Å². The van der Waals surface area contributed by atoms with Crippen LogP contribution in [0.4, 0.5) is 4.39 Å². The molecule has 0 bridgehead atoms. The third-order valence-electron chi connectivity index (χ3n) is 7.95. The molecular formula is C31H31ClFN3O4. The number of halogens is 2. The topological polar surface area (TPSA) is 76.8 Å². The summed E-state index contributed by atoms with van der Waals surface area (Å²) < 4.78 is 27.9. The summed E-state index contributed by atoms with van der Waals surface area (Å²) in [5.41, 5.74) is 3.61. The molecular weight excluding hydrogens is 533 g/mol. The molecule has 0 aliphatic carbocycles. The molecule has 7 nitrogen and oxygen atoms in total. The average molecular weight is 564 g/mol. The highest BCUT2D eigenvalue weighted by molar-refractivity contribution is 6.30. The van der Waals surface area contributed by atoms with Crippen molar-refractivity contribution in [1.82, 2.24) is 14.5 Å². The van der Waals surface area contributed by atoms with Crippen molar-refractivity contribution in [3.05, 3.63) is 94.0 Å². The predicted octanol–water partition coefficient (Wildman–Crippen LogP) is 6.27. The van der Waals surface area contributed by atoms with E-state index in [9.17, 15) is 14.3 Å². The number of benzene rings is 3. The molecule has 4 aromatic rings. The van der Waals surface area contributed by atoms with Crippen molar-refractivity contribution >= 4 is 28.6 Å². The first-order valence-electron chi connectivity index (χ1n) is 13.7. The molecule has 2 aliphatic heterocycles. The van der Waals surface area contributed by atoms with Crippen LogP contribution in [0.3, 0.4) is 0 Å². The number of carboxylic acids is 1. The van der Waals surface area contributed by atoms with Crippen LogP contribution in [0, 0.1) is 5.82 Å². The number of ether oxygens (including phenoxy) is 2. The molecule has 6 rings (SSSR count). The van der Waals surface area contributed by atoms with Crippen LogP contribution < -0.4 is 4.74 Å². The minimum atomic E-state index is -0.940. The number of likely N-dealkylation sites (tertiary alicyclic amines) is 1. The summed E-state index contributed by atoms with van der Waals surface area (Å²) in [5, 5.41) is 9.86. The maximum absolute atomic E-state index is 14.1. The third-order valence-corrected chi connectivity index (χ3v) is 8.18. The van der Waals surface area contributed by atoms with E-state index in [1.807, 2.05) is 12.1 Å². The lowest BCUT2D eigenvalue weighted by molar-refractivity contribution is -0.0592. The van der Waals surface area contributed by atoms with Gasteiger partial charge >= 0.3 is 5.97 Å². The molecule has 208 valence electrons. The number of piperidine rings is 1. The van der Waals surface area contributed by atoms with E-state index in [1.165, 1.54) is 11.6 Å². The Kier molecular flexibility index (Phi) is 7.74. The van der Waals surface area contributed by atoms with Crippen LogP contribution in [-0.4, -0.2) is 51.3 Å². The smallest absolute Gasteiger partial charge is 0.335 e. The number of aromatic carboxylic acids is 1. The number of aromatic nitrogens is 2. The standard InChI is InChI=1S/C31H31ClFN3O4/c32-24-6-4-23(27(33)16-24)19-40-25-3-1-2-21(14-25)20-8-11-35(12-9-20)18-30-34-28-7-5-22(31(37)38)15-29(28)36(30)17-26-10-13-39-26/h1-7,14-16,20,26H,8-13,17-19H2,(H,37,38)/t26-/m0/s1. The fourth-order valence-corrected chi connectivity index (χ4v) is 5.70. The Labute approximate surface area is 237 Å². The van der Waals surface area contributed by atoms with Crippen LogP contribution >= 0.6 is 11.6 Å². The summed E-state index contributed by atoms with van der Waals surface area (Å²) in [6.07, 6.45) is 3.15. The number of fused-ring (bicyclic) bond motifs is 1. The number of rotatable bonds is 9. The molecule has 40 heavy (non-hydrogen) atoms. The van der Waals surface area contributed by atoms with E-state index < -0.39 is 5.97 Å². The molecule has 2 fully saturated rings. The van der Waals surface area contributed by atoms with Gasteiger partial charge in [0.05, 0.1) is 35.8 Å². The highest BCUT2D eigenvalue weighted by Crippen LogP contribution is 2.32. The maximum Gasteiger partial charge on any atom is 0.335 e. The van der Waals surface area contributed by atoms with Gasteiger partial charge in [0, 0.05) is 17.2 Å². The van der Waals surface area contributed by atoms with Gasteiger partial charge < -0.3 is 19.1 Å². The van der Waals surface area contributed by atoms with Crippen LogP contribution in [0.15, 0.2) is 60.7 Å². The first-order valence-corrected chi connectivity index (χ1v) is 14.0. The van der Waals surface area contributed by atoms with Crippen LogP contribution in [0.1, 0.15) is 52.5 Å². The molecule has 0 saturated carbocycles. The number of carbonyl (C=O) groups is 1. The highest BCUT2D eigenvalue weighted by atomic mass is 35.5. The number of hydrogen-bond acceptors (Lipinski definition) is 5. The molecule has 1 aromatic heterocycles. The lowest BCUT2D eigenvalue weighted by Gasteiger charge is -2.33. The molecule has 1 atom stereocenters. The zero-order valence-electron chi connectivity index (χ0n) is 22.1. The van der Waals surface area contributed by atoms with Crippen LogP contribution in [0.5, 0.6) is 5.75 Å². The van der Waals surface area contributed by atoms with Gasteiger partial charge in [-0.2, -0.15) is 0 Å². The molecule has 0 amide bonds. The van der Waals surface area contributed by atoms with Gasteiger partial charge in [-0.25, -0.2) is 14.2 Å². The first kappa shape index (κ1) is 26.7. The lowest BCUT2D eigenvalue weighted by Crippen LogP contribution is -2.35. The first-order chi connectivity index (χ1) is 19.4. The zero-order chi connectivity index (χ0) is 27.6. The average Bonchev–Trinajstić information content (AvgIpc) is 3.26. The van der Waals surface area contributed by atoms with E-state index in [0.29, 0.717) is 29.6 Å². The second-order valence-corrected chi connectivity index (χ2v) is 11.0. The van der Waals surface area contributed by atoms with Crippen molar-refractivity contribution in [1.29, 1.82) is 0 Å². The Morgan fingerprint density at radius 1 is 1.10 bits per heavy atom. The van der Waals surface area contributed by atoms with Gasteiger partial charge in [0.25, 0.3) is 0 Å². The Morgan fingerprint density at radius 3 is 2.65 bits per heavy atom. The van der Waals surface area contributed by atoms with Crippen LogP contribution in [0.2, 0.25) is 5.02 Å². The van der Waals surface area contributed by atoms with Crippen molar-refractivity contribution in [3.63, 3.8) is 0 Å². The molecule has 9 heteroatoms. The molecule has 0 spiro atoms. The highest BCUT2D eigenvalue weighted by Gasteiger charge is 2.26. The number of carboxylic acid groups (broad SMARTS) is 1. The number of hydrogen-bond donors (Lipinski definition) is 1. The summed E-state index contributed by atoms with van der Waals surface area (Å²) in [6, 6.07) is 17.8. The van der Waals surface area contributed by atoms with Gasteiger partial charge in [-0.3, -0.25) is 4.90 Å². The second kappa shape index (κ2) is 11.6. The van der Waals surface area contributed by atoms with Gasteiger partial charge in [-0.05, 0) is 86.3 Å². The van der Waals surface area contributed by atoms with Gasteiger partial charge in [0.2, 0.25) is 0 Å². The summed E-state index contributed by atoms with van der Waals surface area (Å²) in [5.74, 6) is 0.766. The summed E-state index contributed by atoms with van der Waals surface area (Å²) in [4.78, 5) is 18.9. The van der Waals surface area contributed by atoms with E-state index >= 15 is 0 Å². The molecule has 3 aromatic carbocycles. The Bertz CT molecular complexity index is 1530. The monoisotopic (exact) mass is 563 g/mol. The summed E-state index contributed by atoms with van der Waals surface area (Å²) in [7, 11) is 0. The zero-order valence-corrected chi connectivity index (χ0v) is 22.8. The predicted molar refractivity (Wildman–Crippen MR) is 150 cm³/mol. The normalized spacial score (nSPS) is 18.1. The fraction of sp³-hybridized carbons (Fsp3) is 0.355. The molecule has 1 N–H and O–H groups in total. The van der Waals surface area contributed by atoms with Crippen molar-refractivity contribution in [2.24, 2.45) is 0 Å². The van der Waals surface area contributed by atoms with Gasteiger partial charge in [-0.1, -0.05) is 29.8 Å². The van der Waals surface area contributed by atoms with E-state index in [-0.39, 0.29) is 24.1 Å². The van der Waals surface area contributed by atoms with E-state index in [1.54, 1.807) is 30.3 Å². The quantitative estimate of drug-likeness (QED) is 0.258. The minimum Gasteiger partial charge on any atom is -0.489 e. The summed E-state index contributed by atoms with van der Waals surface area (Å²) in [6.45, 7) is 4.14. The lowest BCUT2D eigenvalue weighted by atomic mass is 9.89. The molecule has 2 aliphatic rings. The fourth-order valence-electron chi connectivity index (χ4n) is 5.54. The Hall–Kier alpha value is -3.46. The van der Waals surface area contributed by atoms with Crippen molar-refractivity contribution in [2.45, 2.75) is 51.0 Å². The van der Waals surface area contributed by atoms with E-state index in [4.69, 9.17) is 26.1 Å². The number of imidazole rings is 1. The second-order valence-electron chi connectivity index (χ2n) is 10.6.